The van der Waals surface area contributed by atoms with Gasteiger partial charge in [-0.25, -0.2) is 4.79 Å². The summed E-state index contributed by atoms with van der Waals surface area (Å²) in [7, 11) is 0. The quantitative estimate of drug-likeness (QED) is 0.819. The minimum absolute atomic E-state index is 0.0560. The van der Waals surface area contributed by atoms with Crippen LogP contribution >= 0.6 is 0 Å². The summed E-state index contributed by atoms with van der Waals surface area (Å²) in [6.07, 6.45) is 7.84. The van der Waals surface area contributed by atoms with Crippen LogP contribution in [0.25, 0.3) is 0 Å². The van der Waals surface area contributed by atoms with Gasteiger partial charge in [0.15, 0.2) is 0 Å². The van der Waals surface area contributed by atoms with Crippen LogP contribution in [0.1, 0.15) is 40.0 Å². The SMILES string of the molecule is CC.CC(=O)CCNC(=O)OCC1=CC=CCC1. The number of alkyl carbamates (subject to hydrolysis) is 1. The van der Waals surface area contributed by atoms with E-state index in [0.717, 1.165) is 18.4 Å². The molecule has 18 heavy (non-hydrogen) atoms. The molecule has 0 saturated carbocycles. The first-order valence-corrected chi connectivity index (χ1v) is 6.43. The second kappa shape index (κ2) is 10.6. The number of ether oxygens (including phenoxy) is 1. The molecule has 0 saturated heterocycles. The Labute approximate surface area is 109 Å². The molecule has 0 aromatic heterocycles. The fraction of sp³-hybridized carbons (Fsp3) is 0.571. The molecule has 1 aliphatic carbocycles. The average molecular weight is 253 g/mol. The summed E-state index contributed by atoms with van der Waals surface area (Å²) in [5.41, 5.74) is 1.12. The topological polar surface area (TPSA) is 55.4 Å². The van der Waals surface area contributed by atoms with Crippen LogP contribution in [-0.2, 0) is 9.53 Å². The van der Waals surface area contributed by atoms with Crippen LogP contribution in [0.15, 0.2) is 23.8 Å². The molecule has 0 spiro atoms. The number of amides is 1. The lowest BCUT2D eigenvalue weighted by Gasteiger charge is -2.10. The van der Waals surface area contributed by atoms with Crippen molar-refractivity contribution in [2.75, 3.05) is 13.2 Å². The molecule has 0 fully saturated rings. The van der Waals surface area contributed by atoms with Crippen LogP contribution in [0, 0.1) is 0 Å². The summed E-state index contributed by atoms with van der Waals surface area (Å²) < 4.78 is 5.00. The Bertz CT molecular complexity index is 319. The van der Waals surface area contributed by atoms with Gasteiger partial charge in [0, 0.05) is 13.0 Å². The number of Topliss-reactive ketones (excluding diaryl/α,β-unsaturated/α-hetero) is 1. The molecule has 0 radical (unpaired) electrons. The lowest BCUT2D eigenvalue weighted by atomic mass is 10.1. The number of carbonyl (C=O) groups excluding carboxylic acids is 2. The van der Waals surface area contributed by atoms with Crippen LogP contribution < -0.4 is 5.32 Å². The van der Waals surface area contributed by atoms with Crippen molar-refractivity contribution in [3.8, 4) is 0 Å². The van der Waals surface area contributed by atoms with Gasteiger partial charge in [0.05, 0.1) is 0 Å². The summed E-state index contributed by atoms with van der Waals surface area (Å²) in [6.45, 7) is 6.16. The van der Waals surface area contributed by atoms with E-state index < -0.39 is 6.09 Å². The van der Waals surface area contributed by atoms with Crippen LogP contribution in [0.2, 0.25) is 0 Å². The van der Waals surface area contributed by atoms with Crippen molar-refractivity contribution in [2.24, 2.45) is 0 Å². The first-order chi connectivity index (χ1) is 8.68. The summed E-state index contributed by atoms with van der Waals surface area (Å²) in [5, 5.41) is 2.53. The average Bonchev–Trinajstić information content (AvgIpc) is 2.39. The maximum atomic E-state index is 11.2. The molecule has 0 heterocycles. The molecule has 0 atom stereocenters. The van der Waals surface area contributed by atoms with E-state index >= 15 is 0 Å². The lowest BCUT2D eigenvalue weighted by Crippen LogP contribution is -2.27. The van der Waals surface area contributed by atoms with Gasteiger partial charge < -0.3 is 10.1 Å². The Kier molecular flexibility index (Phi) is 9.64. The van der Waals surface area contributed by atoms with E-state index in [-0.39, 0.29) is 5.78 Å². The van der Waals surface area contributed by atoms with Crippen molar-refractivity contribution < 1.29 is 14.3 Å². The van der Waals surface area contributed by atoms with Crippen LogP contribution in [0.5, 0.6) is 0 Å². The smallest absolute Gasteiger partial charge is 0.407 e. The van der Waals surface area contributed by atoms with Gasteiger partial charge in [0.1, 0.15) is 12.4 Å². The highest BCUT2D eigenvalue weighted by molar-refractivity contribution is 5.76. The molecule has 0 bridgehead atoms. The third-order valence-corrected chi connectivity index (χ3v) is 2.24. The highest BCUT2D eigenvalue weighted by Gasteiger charge is 2.05. The van der Waals surface area contributed by atoms with Crippen molar-refractivity contribution in [1.82, 2.24) is 5.32 Å². The second-order valence-corrected chi connectivity index (χ2v) is 3.75. The zero-order chi connectivity index (χ0) is 13.8. The molecule has 0 aromatic carbocycles. The lowest BCUT2D eigenvalue weighted by molar-refractivity contribution is -0.116. The van der Waals surface area contributed by atoms with Crippen molar-refractivity contribution in [3.05, 3.63) is 23.8 Å². The van der Waals surface area contributed by atoms with Crippen molar-refractivity contribution in [2.45, 2.75) is 40.0 Å². The van der Waals surface area contributed by atoms with Gasteiger partial charge in [-0.2, -0.15) is 0 Å². The number of carbonyl (C=O) groups is 2. The Hall–Kier alpha value is -1.58. The molecule has 0 unspecified atom stereocenters. The van der Waals surface area contributed by atoms with Gasteiger partial charge in [-0.3, -0.25) is 4.79 Å². The van der Waals surface area contributed by atoms with E-state index in [1.807, 2.05) is 26.0 Å². The molecule has 1 N–H and O–H groups in total. The normalized spacial score (nSPS) is 12.9. The molecule has 1 amide bonds. The summed E-state index contributed by atoms with van der Waals surface area (Å²) in [4.78, 5) is 21.8. The molecular formula is C14H23NO3. The minimum Gasteiger partial charge on any atom is -0.445 e. The highest BCUT2D eigenvalue weighted by Crippen LogP contribution is 2.11. The maximum Gasteiger partial charge on any atom is 0.407 e. The van der Waals surface area contributed by atoms with Gasteiger partial charge >= 0.3 is 6.09 Å². The third-order valence-electron chi connectivity index (χ3n) is 2.24. The number of ketones is 1. The monoisotopic (exact) mass is 253 g/mol. The molecule has 0 aromatic rings. The van der Waals surface area contributed by atoms with Gasteiger partial charge in [-0.1, -0.05) is 32.1 Å². The van der Waals surface area contributed by atoms with E-state index in [4.69, 9.17) is 4.74 Å². The Morgan fingerprint density at radius 1 is 1.39 bits per heavy atom. The van der Waals surface area contributed by atoms with Crippen molar-refractivity contribution >= 4 is 11.9 Å². The summed E-state index contributed by atoms with van der Waals surface area (Å²) in [6, 6.07) is 0. The summed E-state index contributed by atoms with van der Waals surface area (Å²) in [5.74, 6) is 0.0560. The van der Waals surface area contributed by atoms with Crippen molar-refractivity contribution in [3.63, 3.8) is 0 Å². The fourth-order valence-corrected chi connectivity index (χ4v) is 1.32. The Morgan fingerprint density at radius 3 is 2.67 bits per heavy atom. The van der Waals surface area contributed by atoms with Crippen molar-refractivity contribution in [1.29, 1.82) is 0 Å². The zero-order valence-electron chi connectivity index (χ0n) is 11.5. The zero-order valence-corrected chi connectivity index (χ0v) is 11.5. The number of rotatable bonds is 5. The van der Waals surface area contributed by atoms with Gasteiger partial charge in [0.2, 0.25) is 0 Å². The fourth-order valence-electron chi connectivity index (χ4n) is 1.32. The molecule has 0 aliphatic heterocycles. The molecule has 1 rings (SSSR count). The first kappa shape index (κ1) is 16.4. The first-order valence-electron chi connectivity index (χ1n) is 6.43. The Morgan fingerprint density at radius 2 is 2.11 bits per heavy atom. The van der Waals surface area contributed by atoms with Crippen LogP contribution in [0.3, 0.4) is 0 Å². The molecule has 102 valence electrons. The summed E-state index contributed by atoms with van der Waals surface area (Å²) >= 11 is 0. The van der Waals surface area contributed by atoms with Crippen LogP contribution in [-0.4, -0.2) is 25.0 Å². The predicted molar refractivity (Wildman–Crippen MR) is 72.5 cm³/mol. The van der Waals surface area contributed by atoms with E-state index in [2.05, 4.69) is 11.4 Å². The number of allylic oxidation sites excluding steroid dienone is 3. The number of hydrogen-bond donors (Lipinski definition) is 1. The minimum atomic E-state index is -0.461. The molecule has 4 heteroatoms. The van der Waals surface area contributed by atoms with E-state index in [0.29, 0.717) is 19.6 Å². The maximum absolute atomic E-state index is 11.2. The predicted octanol–water partition coefficient (Wildman–Crippen LogP) is 2.99. The van der Waals surface area contributed by atoms with Gasteiger partial charge in [-0.15, -0.1) is 0 Å². The van der Waals surface area contributed by atoms with Gasteiger partial charge in [-0.05, 0) is 25.3 Å². The standard InChI is InChI=1S/C12H17NO3.C2H6/c1-10(14)7-8-13-12(15)16-9-11-5-3-2-4-6-11;1-2/h2-3,5H,4,6-9H2,1H3,(H,13,15);1-2H3. The van der Waals surface area contributed by atoms with Gasteiger partial charge in [0.25, 0.3) is 0 Å². The second-order valence-electron chi connectivity index (χ2n) is 3.75. The largest absolute Gasteiger partial charge is 0.445 e. The Balaban J connectivity index is 0.00000137. The van der Waals surface area contributed by atoms with E-state index in [9.17, 15) is 9.59 Å². The number of nitrogens with one attached hydrogen (secondary N) is 1. The van der Waals surface area contributed by atoms with E-state index in [1.54, 1.807) is 0 Å². The highest BCUT2D eigenvalue weighted by atomic mass is 16.5. The third kappa shape index (κ3) is 8.56. The molecule has 4 nitrogen and oxygen atoms in total. The van der Waals surface area contributed by atoms with Crippen LogP contribution in [0.4, 0.5) is 4.79 Å². The molecular weight excluding hydrogens is 230 g/mol. The van der Waals surface area contributed by atoms with E-state index in [1.165, 1.54) is 6.92 Å². The number of hydrogen-bond acceptors (Lipinski definition) is 3. The molecule has 1 aliphatic rings.